The quantitative estimate of drug-likeness (QED) is 0.460. The fourth-order valence-corrected chi connectivity index (χ4v) is 2.68. The minimum absolute atomic E-state index is 0.147. The average Bonchev–Trinajstić information content (AvgIpc) is 2.94. The van der Waals surface area contributed by atoms with E-state index >= 15 is 0 Å². The number of hydrogen-bond acceptors (Lipinski definition) is 3. The van der Waals surface area contributed by atoms with Gasteiger partial charge in [0.05, 0.1) is 0 Å². The third kappa shape index (κ3) is 4.20. The van der Waals surface area contributed by atoms with E-state index in [1.54, 1.807) is 12.1 Å². The Morgan fingerprint density at radius 1 is 1.52 bits per heavy atom. The molecule has 0 aliphatic heterocycles. The van der Waals surface area contributed by atoms with Crippen LogP contribution in [0.15, 0.2) is 37.1 Å². The van der Waals surface area contributed by atoms with Gasteiger partial charge in [0.1, 0.15) is 12.4 Å². The molecule has 2 rings (SSSR count). The number of hydrogen-bond donors (Lipinski definition) is 1. The number of aromatic amines is 1. The van der Waals surface area contributed by atoms with Crippen molar-refractivity contribution >= 4 is 16.9 Å². The first-order chi connectivity index (χ1) is 11.1. The summed E-state index contributed by atoms with van der Waals surface area (Å²) in [6, 6.07) is 5.42. The highest BCUT2D eigenvalue weighted by Crippen LogP contribution is 2.29. The van der Waals surface area contributed by atoms with Crippen molar-refractivity contribution in [3.8, 4) is 5.75 Å². The minimum atomic E-state index is -0.388. The highest BCUT2D eigenvalue weighted by molar-refractivity contribution is 5.91. The molecule has 0 radical (unpaired) electrons. The molecule has 0 spiro atoms. The van der Waals surface area contributed by atoms with Crippen molar-refractivity contribution < 1.29 is 13.9 Å². The van der Waals surface area contributed by atoms with Crippen molar-refractivity contribution in [2.45, 2.75) is 26.3 Å². The molecular weight excluding hydrogens is 295 g/mol. The minimum Gasteiger partial charge on any atom is -0.426 e. The van der Waals surface area contributed by atoms with Crippen LogP contribution in [0.2, 0.25) is 0 Å². The van der Waals surface area contributed by atoms with Crippen LogP contribution in [0.4, 0.5) is 4.39 Å². The topological polar surface area (TPSA) is 45.3 Å². The molecule has 0 fully saturated rings. The van der Waals surface area contributed by atoms with E-state index in [0.29, 0.717) is 18.8 Å². The van der Waals surface area contributed by atoms with Gasteiger partial charge in [0.15, 0.2) is 0 Å². The summed E-state index contributed by atoms with van der Waals surface area (Å²) in [4.78, 5) is 16.5. The van der Waals surface area contributed by atoms with E-state index in [0.717, 1.165) is 22.9 Å². The highest BCUT2D eigenvalue weighted by atomic mass is 19.1. The van der Waals surface area contributed by atoms with E-state index in [2.05, 4.69) is 11.6 Å². The molecule has 1 atom stereocenters. The fraction of sp³-hybridized carbons (Fsp3) is 0.389. The zero-order valence-corrected chi connectivity index (χ0v) is 13.6. The number of halogens is 1. The number of nitrogens with one attached hydrogen (secondary N) is 1. The number of carbonyl (C=O) groups excluding carboxylic acids is 1. The van der Waals surface area contributed by atoms with Crippen molar-refractivity contribution in [3.05, 3.63) is 42.6 Å². The van der Waals surface area contributed by atoms with Crippen LogP contribution in [0.25, 0.3) is 10.9 Å². The second-order valence-corrected chi connectivity index (χ2v) is 5.62. The Labute approximate surface area is 135 Å². The Morgan fingerprint density at radius 2 is 2.30 bits per heavy atom. The van der Waals surface area contributed by atoms with Gasteiger partial charge in [-0.1, -0.05) is 12.1 Å². The molecule has 4 nitrogen and oxygen atoms in total. The van der Waals surface area contributed by atoms with Gasteiger partial charge in [-0.15, -0.1) is 6.58 Å². The number of alkyl halides is 1. The summed E-state index contributed by atoms with van der Waals surface area (Å²) in [6.07, 6.45) is 4.44. The van der Waals surface area contributed by atoms with Gasteiger partial charge in [-0.2, -0.15) is 0 Å². The first kappa shape index (κ1) is 17.2. The maximum Gasteiger partial charge on any atom is 0.308 e. The smallest absolute Gasteiger partial charge is 0.308 e. The molecule has 1 aromatic heterocycles. The molecule has 1 N–H and O–H groups in total. The van der Waals surface area contributed by atoms with E-state index in [9.17, 15) is 9.18 Å². The maximum absolute atomic E-state index is 12.9. The molecule has 1 unspecified atom stereocenters. The number of ether oxygens (including phenoxy) is 1. The molecule has 0 aliphatic carbocycles. The van der Waals surface area contributed by atoms with Gasteiger partial charge >= 0.3 is 5.97 Å². The Balaban J connectivity index is 2.22. The number of fused-ring (bicyclic) bond motifs is 1. The van der Waals surface area contributed by atoms with Gasteiger partial charge in [0.25, 0.3) is 0 Å². The molecule has 1 aromatic carbocycles. The third-order valence-corrected chi connectivity index (χ3v) is 3.88. The van der Waals surface area contributed by atoms with Gasteiger partial charge in [0, 0.05) is 43.2 Å². The molecule has 0 aliphatic rings. The van der Waals surface area contributed by atoms with Gasteiger partial charge in [-0.05, 0) is 31.0 Å². The SMILES string of the molecule is C=CCN(CCc1c[nH]c2cccc(OC(C)=O)c12)C(C)CF. The molecule has 2 aromatic rings. The summed E-state index contributed by atoms with van der Waals surface area (Å²) in [5, 5.41) is 0.911. The number of carbonyl (C=O) groups is 1. The van der Waals surface area contributed by atoms with E-state index in [1.165, 1.54) is 6.92 Å². The number of benzene rings is 1. The predicted octanol–water partition coefficient (Wildman–Crippen LogP) is 3.48. The first-order valence-electron chi connectivity index (χ1n) is 7.75. The average molecular weight is 318 g/mol. The van der Waals surface area contributed by atoms with Crippen LogP contribution in [-0.4, -0.2) is 41.7 Å². The van der Waals surface area contributed by atoms with Crippen molar-refractivity contribution in [2.24, 2.45) is 0 Å². The second kappa shape index (κ2) is 7.92. The molecule has 5 heteroatoms. The van der Waals surface area contributed by atoms with Crippen molar-refractivity contribution in [3.63, 3.8) is 0 Å². The van der Waals surface area contributed by atoms with E-state index in [1.807, 2.05) is 30.2 Å². The van der Waals surface area contributed by atoms with Gasteiger partial charge in [-0.3, -0.25) is 9.69 Å². The standard InChI is InChI=1S/C18H23FN2O2/c1-4-9-21(13(2)11-19)10-8-15-12-20-16-6-5-7-17(18(15)16)23-14(3)22/h4-7,12-13,20H,1,8-11H2,2-3H3. The zero-order valence-electron chi connectivity index (χ0n) is 13.6. The Morgan fingerprint density at radius 3 is 2.96 bits per heavy atom. The van der Waals surface area contributed by atoms with Crippen molar-refractivity contribution in [1.29, 1.82) is 0 Å². The summed E-state index contributed by atoms with van der Waals surface area (Å²) in [5.74, 6) is 0.212. The number of rotatable bonds is 8. The number of aromatic nitrogens is 1. The number of esters is 1. The van der Waals surface area contributed by atoms with Crippen LogP contribution in [0.5, 0.6) is 5.75 Å². The summed E-state index contributed by atoms with van der Waals surface area (Å²) in [6.45, 7) is 7.95. The lowest BCUT2D eigenvalue weighted by Gasteiger charge is -2.25. The lowest BCUT2D eigenvalue weighted by molar-refractivity contribution is -0.131. The Kier molecular flexibility index (Phi) is 5.93. The number of H-pyrrole nitrogens is 1. The van der Waals surface area contributed by atoms with E-state index < -0.39 is 0 Å². The maximum atomic E-state index is 12.9. The number of nitrogens with zero attached hydrogens (tertiary/aromatic N) is 1. The Bertz CT molecular complexity index is 681. The normalized spacial score (nSPS) is 12.5. The van der Waals surface area contributed by atoms with E-state index in [-0.39, 0.29) is 18.7 Å². The van der Waals surface area contributed by atoms with Crippen LogP contribution in [0.3, 0.4) is 0 Å². The lowest BCUT2D eigenvalue weighted by Crippen LogP contribution is -2.36. The summed E-state index contributed by atoms with van der Waals surface area (Å²) in [5.41, 5.74) is 1.98. The Hall–Kier alpha value is -2.14. The molecule has 124 valence electrons. The largest absolute Gasteiger partial charge is 0.426 e. The molecule has 23 heavy (non-hydrogen) atoms. The molecule has 1 heterocycles. The van der Waals surface area contributed by atoms with Crippen LogP contribution in [0.1, 0.15) is 19.4 Å². The second-order valence-electron chi connectivity index (χ2n) is 5.62. The van der Waals surface area contributed by atoms with Gasteiger partial charge in [0.2, 0.25) is 0 Å². The summed E-state index contributed by atoms with van der Waals surface area (Å²) < 4.78 is 18.2. The molecular formula is C18H23FN2O2. The first-order valence-corrected chi connectivity index (χ1v) is 7.75. The van der Waals surface area contributed by atoms with Crippen LogP contribution in [0, 0.1) is 0 Å². The van der Waals surface area contributed by atoms with Crippen molar-refractivity contribution in [2.75, 3.05) is 19.8 Å². The highest BCUT2D eigenvalue weighted by Gasteiger charge is 2.15. The third-order valence-electron chi connectivity index (χ3n) is 3.88. The fourth-order valence-electron chi connectivity index (χ4n) is 2.68. The summed E-state index contributed by atoms with van der Waals surface area (Å²) in [7, 11) is 0. The zero-order chi connectivity index (χ0) is 16.8. The van der Waals surface area contributed by atoms with E-state index in [4.69, 9.17) is 4.74 Å². The molecule has 0 bridgehead atoms. The monoisotopic (exact) mass is 318 g/mol. The van der Waals surface area contributed by atoms with Crippen molar-refractivity contribution in [1.82, 2.24) is 9.88 Å². The van der Waals surface area contributed by atoms with Crippen LogP contribution >= 0.6 is 0 Å². The van der Waals surface area contributed by atoms with Crippen LogP contribution in [-0.2, 0) is 11.2 Å². The van der Waals surface area contributed by atoms with Gasteiger partial charge < -0.3 is 9.72 Å². The molecule has 0 saturated carbocycles. The van der Waals surface area contributed by atoms with Crippen LogP contribution < -0.4 is 4.74 Å². The van der Waals surface area contributed by atoms with Gasteiger partial charge in [-0.25, -0.2) is 4.39 Å². The molecule has 0 saturated heterocycles. The summed E-state index contributed by atoms with van der Waals surface area (Å²) >= 11 is 0. The molecule has 0 amide bonds. The lowest BCUT2D eigenvalue weighted by atomic mass is 10.1. The predicted molar refractivity (Wildman–Crippen MR) is 90.5 cm³/mol.